The van der Waals surface area contributed by atoms with E-state index in [1.165, 1.54) is 17.2 Å². The van der Waals surface area contributed by atoms with Crippen molar-refractivity contribution in [2.75, 3.05) is 10.2 Å². The molecule has 0 bridgehead atoms. The zero-order valence-corrected chi connectivity index (χ0v) is 23.1. The van der Waals surface area contributed by atoms with Gasteiger partial charge in [0.25, 0.3) is 11.8 Å². The predicted octanol–water partition coefficient (Wildman–Crippen LogP) is 7.25. The number of alkyl halides is 3. The van der Waals surface area contributed by atoms with Gasteiger partial charge >= 0.3 is 6.18 Å². The summed E-state index contributed by atoms with van der Waals surface area (Å²) < 4.78 is 39.6. The second-order valence-corrected chi connectivity index (χ2v) is 11.5. The minimum absolute atomic E-state index is 0.189. The fraction of sp³-hybridized carbons (Fsp3) is 0.103. The second kappa shape index (κ2) is 11.7. The van der Waals surface area contributed by atoms with Gasteiger partial charge < -0.3 is 0 Å². The van der Waals surface area contributed by atoms with Crippen molar-refractivity contribution in [3.8, 4) is 0 Å². The Morgan fingerprint density at radius 2 is 1.62 bits per heavy atom. The molecular weight excluding hydrogens is 576 g/mol. The summed E-state index contributed by atoms with van der Waals surface area (Å²) in [5.74, 6) is -0.885. The van der Waals surface area contributed by atoms with Gasteiger partial charge in [0.2, 0.25) is 0 Å². The monoisotopic (exact) mass is 595 g/mol. The highest BCUT2D eigenvalue weighted by Gasteiger charge is 2.37. The molecule has 1 N–H and O–H groups in total. The van der Waals surface area contributed by atoms with Crippen LogP contribution in [0.4, 0.5) is 24.0 Å². The molecular formula is C29H20F3N3O2S3. The van der Waals surface area contributed by atoms with E-state index >= 15 is 0 Å². The number of amides is 2. The number of hydrogen-bond donors (Lipinski definition) is 1. The number of carbonyl (C=O) groups excluding carboxylic acids is 2. The summed E-state index contributed by atoms with van der Waals surface area (Å²) >= 11 is 7.73. The minimum atomic E-state index is -4.43. The fourth-order valence-corrected chi connectivity index (χ4v) is 6.29. The van der Waals surface area contributed by atoms with Gasteiger partial charge in [0.05, 0.1) is 16.2 Å². The van der Waals surface area contributed by atoms with Crippen molar-refractivity contribution < 1.29 is 22.8 Å². The highest BCUT2D eigenvalue weighted by molar-refractivity contribution is 8.27. The number of carbonyl (C=O) groups is 2. The Labute approximate surface area is 241 Å². The third-order valence-electron chi connectivity index (χ3n) is 5.96. The van der Waals surface area contributed by atoms with Crippen LogP contribution in [-0.2, 0) is 28.6 Å². The molecule has 2 heterocycles. The number of thiazole rings is 1. The number of rotatable bonds is 7. The zero-order chi connectivity index (χ0) is 28.3. The molecule has 0 saturated carbocycles. The van der Waals surface area contributed by atoms with Crippen LogP contribution in [0.5, 0.6) is 0 Å². The van der Waals surface area contributed by atoms with Gasteiger partial charge in [-0.3, -0.25) is 19.8 Å². The Kier molecular flexibility index (Phi) is 8.15. The molecule has 5 nitrogen and oxygen atoms in total. The molecule has 0 atom stereocenters. The van der Waals surface area contributed by atoms with Crippen LogP contribution >= 0.6 is 35.3 Å². The number of para-hydroxylation sites is 1. The number of benzene rings is 3. The van der Waals surface area contributed by atoms with Crippen LogP contribution in [0.15, 0.2) is 102 Å². The molecule has 4 aromatic rings. The summed E-state index contributed by atoms with van der Waals surface area (Å²) in [5.41, 5.74) is 1.45. The Bertz CT molecular complexity index is 1600. The van der Waals surface area contributed by atoms with Crippen LogP contribution in [-0.4, -0.2) is 21.1 Å². The van der Waals surface area contributed by atoms with Crippen molar-refractivity contribution >= 4 is 62.3 Å². The third kappa shape index (κ3) is 6.33. The molecule has 40 heavy (non-hydrogen) atoms. The third-order valence-corrected chi connectivity index (χ3v) is 8.29. The molecule has 5 rings (SSSR count). The van der Waals surface area contributed by atoms with Gasteiger partial charge in [-0.05, 0) is 29.3 Å². The molecule has 1 aliphatic rings. The Morgan fingerprint density at radius 3 is 2.33 bits per heavy atom. The lowest BCUT2D eigenvalue weighted by molar-refractivity contribution is -0.137. The van der Waals surface area contributed by atoms with E-state index in [-0.39, 0.29) is 34.4 Å². The van der Waals surface area contributed by atoms with Crippen LogP contribution in [0.3, 0.4) is 0 Å². The zero-order valence-electron chi connectivity index (χ0n) is 20.6. The van der Waals surface area contributed by atoms with E-state index in [0.29, 0.717) is 20.4 Å². The summed E-state index contributed by atoms with van der Waals surface area (Å²) in [7, 11) is 0. The molecule has 11 heteroatoms. The number of nitrogens with zero attached hydrogens (tertiary/aromatic N) is 2. The Morgan fingerprint density at radius 1 is 0.950 bits per heavy atom. The molecule has 0 spiro atoms. The van der Waals surface area contributed by atoms with Gasteiger partial charge in [-0.25, -0.2) is 4.98 Å². The maximum Gasteiger partial charge on any atom is 0.416 e. The van der Waals surface area contributed by atoms with Gasteiger partial charge in [0, 0.05) is 29.5 Å². The summed E-state index contributed by atoms with van der Waals surface area (Å²) in [5, 5.41) is 3.05. The first-order valence-corrected chi connectivity index (χ1v) is 14.0. The van der Waals surface area contributed by atoms with Crippen molar-refractivity contribution in [2.45, 2.75) is 19.0 Å². The lowest BCUT2D eigenvalue weighted by atomic mass is 10.0. The lowest BCUT2D eigenvalue weighted by Crippen LogP contribution is -2.28. The summed E-state index contributed by atoms with van der Waals surface area (Å²) in [6.07, 6.45) is -2.50. The summed E-state index contributed by atoms with van der Waals surface area (Å²) in [6, 6.07) is 23.4. The highest BCUT2D eigenvalue weighted by Crippen LogP contribution is 2.38. The summed E-state index contributed by atoms with van der Waals surface area (Å²) in [4.78, 5) is 33.6. The van der Waals surface area contributed by atoms with E-state index in [0.717, 1.165) is 40.8 Å². The molecule has 0 radical (unpaired) electrons. The number of thiocarbonyl (C=S) groups is 1. The Hall–Kier alpha value is -3.80. The molecule has 1 fully saturated rings. The molecule has 1 aliphatic heterocycles. The molecule has 1 aromatic heterocycles. The van der Waals surface area contributed by atoms with Crippen molar-refractivity contribution in [1.29, 1.82) is 0 Å². The highest BCUT2D eigenvalue weighted by atomic mass is 32.2. The van der Waals surface area contributed by atoms with Crippen molar-refractivity contribution in [3.63, 3.8) is 0 Å². The van der Waals surface area contributed by atoms with Gasteiger partial charge in [-0.1, -0.05) is 90.7 Å². The van der Waals surface area contributed by atoms with E-state index < -0.39 is 17.6 Å². The number of thioether (sulfide) groups is 1. The van der Waals surface area contributed by atoms with Crippen LogP contribution < -0.4 is 10.2 Å². The minimum Gasteiger partial charge on any atom is -0.298 e. The van der Waals surface area contributed by atoms with E-state index in [1.54, 1.807) is 30.3 Å². The van der Waals surface area contributed by atoms with E-state index in [2.05, 4.69) is 10.3 Å². The van der Waals surface area contributed by atoms with Crippen LogP contribution in [0.1, 0.15) is 21.6 Å². The van der Waals surface area contributed by atoms with Crippen molar-refractivity contribution in [3.05, 3.63) is 123 Å². The van der Waals surface area contributed by atoms with Crippen LogP contribution in [0.25, 0.3) is 0 Å². The van der Waals surface area contributed by atoms with Gasteiger partial charge in [0.1, 0.15) is 0 Å². The van der Waals surface area contributed by atoms with E-state index in [9.17, 15) is 22.8 Å². The largest absolute Gasteiger partial charge is 0.416 e. The predicted molar refractivity (Wildman–Crippen MR) is 156 cm³/mol. The lowest BCUT2D eigenvalue weighted by Gasteiger charge is -2.14. The van der Waals surface area contributed by atoms with Gasteiger partial charge in [-0.2, -0.15) is 13.2 Å². The normalized spacial score (nSPS) is 14.9. The Balaban J connectivity index is 1.40. The number of aromatic nitrogens is 1. The topological polar surface area (TPSA) is 62.3 Å². The molecule has 0 unspecified atom stereocenters. The van der Waals surface area contributed by atoms with Gasteiger partial charge in [0.15, 0.2) is 9.45 Å². The second-order valence-electron chi connectivity index (χ2n) is 8.77. The molecule has 0 aliphatic carbocycles. The average Bonchev–Trinajstić information content (AvgIpc) is 3.50. The van der Waals surface area contributed by atoms with Crippen LogP contribution in [0, 0.1) is 0 Å². The molecule has 2 amide bonds. The van der Waals surface area contributed by atoms with Crippen molar-refractivity contribution in [2.24, 2.45) is 0 Å². The van der Waals surface area contributed by atoms with Crippen molar-refractivity contribution in [1.82, 2.24) is 4.98 Å². The van der Waals surface area contributed by atoms with Gasteiger partial charge in [-0.15, -0.1) is 11.3 Å². The summed E-state index contributed by atoms with van der Waals surface area (Å²) in [6.45, 7) is 0. The quantitative estimate of drug-likeness (QED) is 0.180. The number of halogens is 3. The smallest absolute Gasteiger partial charge is 0.298 e. The fourth-order valence-electron chi connectivity index (χ4n) is 4.09. The molecule has 3 aromatic carbocycles. The maximum atomic E-state index is 13.6. The van der Waals surface area contributed by atoms with Crippen LogP contribution in [0.2, 0.25) is 0 Å². The average molecular weight is 596 g/mol. The first-order valence-electron chi connectivity index (χ1n) is 12.0. The standard InChI is InChI=1S/C29H20F3N3O2S3/c30-29(31,32)20-11-7-10-19(14-20)15-22-17-33-27(39-22)34-25(36)23(16-18-8-3-1-4-9-18)24-26(37)35(28(38)40-24)21-12-5-2-6-13-21/h1-14,17H,15-16H2,(H,33,34,36)/b24-23+. The number of anilines is 2. The maximum absolute atomic E-state index is 13.6. The van der Waals surface area contributed by atoms with E-state index in [1.807, 2.05) is 36.4 Å². The number of nitrogens with one attached hydrogen (secondary N) is 1. The SMILES string of the molecule is O=C(Nc1ncc(Cc2cccc(C(F)(F)F)c2)s1)/C(Cc1ccccc1)=C1/SC(=S)N(c2ccccc2)C1=O. The first-order chi connectivity index (χ1) is 19.2. The molecule has 1 saturated heterocycles. The molecule has 202 valence electrons. The van der Waals surface area contributed by atoms with E-state index in [4.69, 9.17) is 12.2 Å². The number of hydrogen-bond acceptors (Lipinski definition) is 6. The first kappa shape index (κ1) is 27.8.